The van der Waals surface area contributed by atoms with Gasteiger partial charge in [0.1, 0.15) is 0 Å². The first-order chi connectivity index (χ1) is 19.3. The number of rotatable bonds is 8. The second-order valence-corrected chi connectivity index (χ2v) is 11.0. The van der Waals surface area contributed by atoms with E-state index in [0.29, 0.717) is 0 Å². The lowest BCUT2D eigenvalue weighted by atomic mass is 9.99. The normalized spacial score (nSPS) is 21.5. The number of aromatic nitrogens is 1. The summed E-state index contributed by atoms with van der Waals surface area (Å²) >= 11 is 1.67. The van der Waals surface area contributed by atoms with Gasteiger partial charge in [0.25, 0.3) is 0 Å². The molecule has 2 aromatic rings. The van der Waals surface area contributed by atoms with Gasteiger partial charge in [0.05, 0.1) is 16.9 Å². The predicted molar refractivity (Wildman–Crippen MR) is 177 cm³/mol. The summed E-state index contributed by atoms with van der Waals surface area (Å²) in [5.41, 5.74) is 9.37. The summed E-state index contributed by atoms with van der Waals surface area (Å²) in [4.78, 5) is 7.62. The third-order valence-electron chi connectivity index (χ3n) is 7.72. The molecule has 40 heavy (non-hydrogen) atoms. The standard InChI is InChI=1S/C34H43N5S/c1-9-12-18-38(8)32-22-40-19-14-13-15-30-25(6)33(32)37-34(36-30)39-26(7)29(21-35-11-3)28-20-27(16-17-31(28)39)24(5)23(4)10-2/h9,12-17,19-22,34-36H,7,10-11,18H2,1-6,8H3/b12-9-,15-13-,19-14+,24-23-,29-21+,32-22+. The summed E-state index contributed by atoms with van der Waals surface area (Å²) in [5.74, 6) is 0. The zero-order chi connectivity index (χ0) is 28.8. The Balaban J connectivity index is 1.95. The van der Waals surface area contributed by atoms with Gasteiger partial charge in [-0.3, -0.25) is 0 Å². The van der Waals surface area contributed by atoms with Crippen molar-refractivity contribution in [2.24, 2.45) is 4.99 Å². The highest BCUT2D eigenvalue weighted by Crippen LogP contribution is 2.29. The summed E-state index contributed by atoms with van der Waals surface area (Å²) in [6.07, 6.45) is 13.4. The molecule has 210 valence electrons. The Morgan fingerprint density at radius 1 is 1.25 bits per heavy atom. The van der Waals surface area contributed by atoms with Gasteiger partial charge in [-0.15, -0.1) is 11.8 Å². The quantitative estimate of drug-likeness (QED) is 0.364. The van der Waals surface area contributed by atoms with Gasteiger partial charge in [0.2, 0.25) is 6.29 Å². The fourth-order valence-electron chi connectivity index (χ4n) is 5.00. The van der Waals surface area contributed by atoms with Gasteiger partial charge in [-0.1, -0.05) is 49.4 Å². The van der Waals surface area contributed by atoms with Crippen LogP contribution in [0.3, 0.4) is 0 Å². The van der Waals surface area contributed by atoms with Gasteiger partial charge in [0.15, 0.2) is 0 Å². The monoisotopic (exact) mass is 553 g/mol. The summed E-state index contributed by atoms with van der Waals surface area (Å²) in [5, 5.41) is 14.6. The number of aliphatic imine (C=N–C) groups is 1. The molecule has 1 aromatic carbocycles. The molecule has 0 saturated heterocycles. The van der Waals surface area contributed by atoms with Gasteiger partial charge in [-0.05, 0) is 81.4 Å². The van der Waals surface area contributed by atoms with Crippen LogP contribution in [0.1, 0.15) is 59.8 Å². The van der Waals surface area contributed by atoms with Crippen LogP contribution in [0.4, 0.5) is 0 Å². The molecule has 2 aliphatic rings. The highest BCUT2D eigenvalue weighted by atomic mass is 32.2. The van der Waals surface area contributed by atoms with Crippen molar-refractivity contribution in [1.82, 2.24) is 20.1 Å². The largest absolute Gasteiger partial charge is 0.391 e. The highest BCUT2D eigenvalue weighted by molar-refractivity contribution is 8.04. The number of benzene rings is 1. The summed E-state index contributed by atoms with van der Waals surface area (Å²) in [6.45, 7) is 19.2. The highest BCUT2D eigenvalue weighted by Gasteiger charge is 2.26. The zero-order valence-electron chi connectivity index (χ0n) is 25.0. The number of nitrogens with zero attached hydrogens (tertiary/aromatic N) is 3. The lowest BCUT2D eigenvalue weighted by molar-refractivity contribution is 0.452. The molecule has 2 aliphatic heterocycles. The molecule has 2 bridgehead atoms. The van der Waals surface area contributed by atoms with E-state index in [1.165, 1.54) is 22.1 Å². The number of nitrogens with one attached hydrogen (secondary N) is 2. The molecule has 1 atom stereocenters. The average Bonchev–Trinajstić information content (AvgIpc) is 3.23. The van der Waals surface area contributed by atoms with Gasteiger partial charge in [-0.2, -0.15) is 0 Å². The minimum Gasteiger partial charge on any atom is -0.391 e. The number of fused-ring (bicyclic) bond motifs is 2. The van der Waals surface area contributed by atoms with E-state index in [4.69, 9.17) is 4.99 Å². The molecule has 1 aromatic heterocycles. The van der Waals surface area contributed by atoms with E-state index in [0.717, 1.165) is 58.3 Å². The fraction of sp³-hybridized carbons (Fsp3) is 0.324. The molecule has 4 rings (SSSR count). The first-order valence-electron chi connectivity index (χ1n) is 14.1. The van der Waals surface area contributed by atoms with E-state index >= 15 is 0 Å². The molecular formula is C34H43N5S. The second-order valence-electron chi connectivity index (χ2n) is 10.2. The lowest BCUT2D eigenvalue weighted by Gasteiger charge is -2.31. The molecule has 0 spiro atoms. The van der Waals surface area contributed by atoms with Crippen LogP contribution in [-0.2, 0) is 0 Å². The minimum absolute atomic E-state index is 0.344. The van der Waals surface area contributed by atoms with Crippen molar-refractivity contribution in [1.29, 1.82) is 0 Å². The minimum atomic E-state index is -0.344. The van der Waals surface area contributed by atoms with Crippen LogP contribution in [-0.4, -0.2) is 35.3 Å². The molecule has 0 fully saturated rings. The van der Waals surface area contributed by atoms with Gasteiger partial charge >= 0.3 is 0 Å². The SMILES string of the molecule is C=c1/c(=C\NCC)c2cc(/C(C)=C(/C)CC)ccc2n1C1N=C2C(C)=C(/C=C\C=C\S/C=C\2N(C)C/C=C\C)N1. The number of thioether (sulfide) groups is 1. The summed E-state index contributed by atoms with van der Waals surface area (Å²) in [7, 11) is 2.13. The van der Waals surface area contributed by atoms with Crippen molar-refractivity contribution in [2.45, 2.75) is 54.3 Å². The average molecular weight is 554 g/mol. The van der Waals surface area contributed by atoms with Crippen molar-refractivity contribution in [3.63, 3.8) is 0 Å². The molecule has 2 N–H and O–H groups in total. The Morgan fingerprint density at radius 2 is 2.05 bits per heavy atom. The van der Waals surface area contributed by atoms with Crippen LogP contribution in [0.25, 0.3) is 29.3 Å². The van der Waals surface area contributed by atoms with E-state index in [-0.39, 0.29) is 6.29 Å². The van der Waals surface area contributed by atoms with E-state index in [2.05, 4.69) is 141 Å². The van der Waals surface area contributed by atoms with E-state index in [1.54, 1.807) is 11.8 Å². The van der Waals surface area contributed by atoms with Crippen LogP contribution in [0, 0.1) is 0 Å². The predicted octanol–water partition coefficient (Wildman–Crippen LogP) is 6.54. The maximum atomic E-state index is 5.36. The van der Waals surface area contributed by atoms with Crippen molar-refractivity contribution in [3.05, 3.63) is 98.1 Å². The van der Waals surface area contributed by atoms with Crippen LogP contribution in [0.5, 0.6) is 0 Å². The number of hydrogen-bond acceptors (Lipinski definition) is 5. The van der Waals surface area contributed by atoms with Gasteiger partial charge in [-0.25, -0.2) is 4.99 Å². The number of likely N-dealkylation sites (N-methyl/N-ethyl adjacent to an activating group) is 1. The Hall–Kier alpha value is -3.64. The number of allylic oxidation sites excluding steroid dienone is 7. The Morgan fingerprint density at radius 3 is 2.77 bits per heavy atom. The Kier molecular flexibility index (Phi) is 9.64. The molecule has 0 saturated carbocycles. The molecule has 6 heteroatoms. The molecule has 3 heterocycles. The molecule has 0 amide bonds. The maximum Gasteiger partial charge on any atom is 0.201 e. The second kappa shape index (κ2) is 13.1. The summed E-state index contributed by atoms with van der Waals surface area (Å²) < 4.78 is 2.24. The Labute approximate surface area is 243 Å². The molecular weight excluding hydrogens is 510 g/mol. The first-order valence-corrected chi connectivity index (χ1v) is 15.1. The van der Waals surface area contributed by atoms with Gasteiger partial charge in [0, 0.05) is 53.4 Å². The van der Waals surface area contributed by atoms with Crippen molar-refractivity contribution in [2.75, 3.05) is 20.1 Å². The lowest BCUT2D eigenvalue weighted by Crippen LogP contribution is -2.40. The molecule has 1 unspecified atom stereocenters. The summed E-state index contributed by atoms with van der Waals surface area (Å²) in [6, 6.07) is 6.77. The van der Waals surface area contributed by atoms with Crippen LogP contribution < -0.4 is 21.2 Å². The third kappa shape index (κ3) is 5.92. The van der Waals surface area contributed by atoms with Crippen LogP contribution in [0.15, 0.2) is 86.9 Å². The molecule has 0 radical (unpaired) electrons. The molecule has 0 aliphatic carbocycles. The zero-order valence-corrected chi connectivity index (χ0v) is 25.8. The van der Waals surface area contributed by atoms with Crippen LogP contribution in [0.2, 0.25) is 0 Å². The maximum absolute atomic E-state index is 5.36. The number of hydrogen-bond donors (Lipinski definition) is 2. The van der Waals surface area contributed by atoms with E-state index in [9.17, 15) is 0 Å². The van der Waals surface area contributed by atoms with Crippen molar-refractivity contribution in [3.8, 4) is 0 Å². The van der Waals surface area contributed by atoms with E-state index < -0.39 is 0 Å². The molecule has 5 nitrogen and oxygen atoms in total. The van der Waals surface area contributed by atoms with Crippen LogP contribution >= 0.6 is 11.8 Å². The van der Waals surface area contributed by atoms with Gasteiger partial charge < -0.3 is 20.1 Å². The first kappa shape index (κ1) is 29.3. The Bertz CT molecular complexity index is 1590. The topological polar surface area (TPSA) is 44.6 Å². The third-order valence-corrected chi connectivity index (χ3v) is 8.40. The van der Waals surface area contributed by atoms with E-state index in [1.807, 2.05) is 0 Å². The smallest absolute Gasteiger partial charge is 0.201 e. The fourth-order valence-corrected chi connectivity index (χ4v) is 5.68. The van der Waals surface area contributed by atoms with Crippen molar-refractivity contribution >= 4 is 46.7 Å². The van der Waals surface area contributed by atoms with Crippen molar-refractivity contribution < 1.29 is 0 Å².